The first-order chi connectivity index (χ1) is 9.04. The van der Waals surface area contributed by atoms with Gasteiger partial charge in [-0.05, 0) is 46.3 Å². The van der Waals surface area contributed by atoms with Crippen LogP contribution in [0.2, 0.25) is 10.0 Å². The van der Waals surface area contributed by atoms with E-state index in [0.717, 1.165) is 0 Å². The number of methoxy groups -OCH3 is 1. The highest BCUT2D eigenvalue weighted by Gasteiger charge is 2.15. The zero-order valence-electron chi connectivity index (χ0n) is 9.91. The molecule has 5 heteroatoms. The molecule has 0 aromatic heterocycles. The summed E-state index contributed by atoms with van der Waals surface area (Å²) in [6.07, 6.45) is 0. The summed E-state index contributed by atoms with van der Waals surface area (Å²) in [6.45, 7) is 0. The lowest BCUT2D eigenvalue weighted by atomic mass is 10.0. The Morgan fingerprint density at radius 2 is 1.95 bits per heavy atom. The largest absolute Gasteiger partial charge is 0.496 e. The third-order valence-electron chi connectivity index (χ3n) is 2.61. The van der Waals surface area contributed by atoms with Gasteiger partial charge in [0.25, 0.3) is 0 Å². The average molecular weight is 360 g/mol. The lowest BCUT2D eigenvalue weighted by Gasteiger charge is -2.07. The fraction of sp³-hybridized carbons (Fsp3) is 0.0714. The first-order valence-electron chi connectivity index (χ1n) is 5.37. The van der Waals surface area contributed by atoms with Gasteiger partial charge in [0.1, 0.15) is 5.75 Å². The van der Waals surface area contributed by atoms with Gasteiger partial charge < -0.3 is 4.74 Å². The monoisotopic (exact) mass is 358 g/mol. The quantitative estimate of drug-likeness (QED) is 0.721. The van der Waals surface area contributed by atoms with Crippen molar-refractivity contribution in [3.8, 4) is 5.75 Å². The highest BCUT2D eigenvalue weighted by Crippen LogP contribution is 2.30. The SMILES string of the molecule is COc1ccc(C(=O)c2cccc(Cl)c2Cl)cc1Br. The van der Waals surface area contributed by atoms with E-state index in [1.807, 2.05) is 0 Å². The molecule has 0 saturated carbocycles. The number of ether oxygens (including phenoxy) is 1. The van der Waals surface area contributed by atoms with Gasteiger partial charge in [-0.25, -0.2) is 0 Å². The van der Waals surface area contributed by atoms with Crippen LogP contribution in [0.15, 0.2) is 40.9 Å². The second kappa shape index (κ2) is 5.95. The standard InChI is InChI=1S/C14H9BrCl2O2/c1-19-12-6-5-8(7-10(12)15)14(18)9-3-2-4-11(16)13(9)17/h2-7H,1H3. The normalized spacial score (nSPS) is 10.3. The van der Waals surface area contributed by atoms with Gasteiger partial charge in [-0.15, -0.1) is 0 Å². The topological polar surface area (TPSA) is 26.3 Å². The number of rotatable bonds is 3. The Labute approximate surface area is 129 Å². The van der Waals surface area contributed by atoms with Crippen LogP contribution in [0, 0.1) is 0 Å². The van der Waals surface area contributed by atoms with E-state index in [2.05, 4.69) is 15.9 Å². The Hall–Kier alpha value is -1.03. The van der Waals surface area contributed by atoms with Crippen LogP contribution >= 0.6 is 39.1 Å². The number of hydrogen-bond acceptors (Lipinski definition) is 2. The zero-order chi connectivity index (χ0) is 14.0. The zero-order valence-corrected chi connectivity index (χ0v) is 13.0. The molecule has 0 N–H and O–H groups in total. The van der Waals surface area contributed by atoms with E-state index >= 15 is 0 Å². The van der Waals surface area contributed by atoms with Gasteiger partial charge in [0.15, 0.2) is 5.78 Å². The number of benzene rings is 2. The van der Waals surface area contributed by atoms with Crippen molar-refractivity contribution in [3.05, 3.63) is 62.0 Å². The molecule has 2 aromatic rings. The number of halogens is 3. The molecule has 0 spiro atoms. The maximum absolute atomic E-state index is 12.4. The lowest BCUT2D eigenvalue weighted by molar-refractivity contribution is 0.103. The number of carbonyl (C=O) groups excluding carboxylic acids is 1. The summed E-state index contributed by atoms with van der Waals surface area (Å²) < 4.78 is 5.83. The van der Waals surface area contributed by atoms with E-state index in [1.165, 1.54) is 0 Å². The second-order valence-electron chi connectivity index (χ2n) is 3.78. The molecule has 0 heterocycles. The fourth-order valence-electron chi connectivity index (χ4n) is 1.64. The summed E-state index contributed by atoms with van der Waals surface area (Å²) in [7, 11) is 1.56. The van der Waals surface area contributed by atoms with Gasteiger partial charge >= 0.3 is 0 Å². The first kappa shape index (κ1) is 14.4. The van der Waals surface area contributed by atoms with E-state index in [-0.39, 0.29) is 10.8 Å². The van der Waals surface area contributed by atoms with Crippen molar-refractivity contribution in [3.63, 3.8) is 0 Å². The van der Waals surface area contributed by atoms with E-state index in [9.17, 15) is 4.79 Å². The minimum absolute atomic E-state index is 0.184. The molecule has 2 nitrogen and oxygen atoms in total. The van der Waals surface area contributed by atoms with Gasteiger partial charge in [-0.2, -0.15) is 0 Å². The van der Waals surface area contributed by atoms with Crippen molar-refractivity contribution < 1.29 is 9.53 Å². The molecular weight excluding hydrogens is 351 g/mol. The van der Waals surface area contributed by atoms with Crippen molar-refractivity contribution >= 4 is 44.9 Å². The maximum Gasteiger partial charge on any atom is 0.194 e. The van der Waals surface area contributed by atoms with Crippen LogP contribution in [0.4, 0.5) is 0 Å². The molecule has 0 amide bonds. The number of carbonyl (C=O) groups is 1. The molecule has 2 rings (SSSR count). The molecule has 0 bridgehead atoms. The fourth-order valence-corrected chi connectivity index (χ4v) is 2.57. The van der Waals surface area contributed by atoms with Gasteiger partial charge in [-0.1, -0.05) is 29.3 Å². The molecular formula is C14H9BrCl2O2. The molecule has 0 atom stereocenters. The molecule has 0 saturated heterocycles. The third kappa shape index (κ3) is 2.94. The molecule has 0 aliphatic carbocycles. The summed E-state index contributed by atoms with van der Waals surface area (Å²) in [6, 6.07) is 10.1. The molecule has 0 aliphatic heterocycles. The second-order valence-corrected chi connectivity index (χ2v) is 5.42. The van der Waals surface area contributed by atoms with E-state index in [0.29, 0.717) is 26.4 Å². The minimum Gasteiger partial charge on any atom is -0.496 e. The Kier molecular flexibility index (Phi) is 4.50. The van der Waals surface area contributed by atoms with Gasteiger partial charge in [0, 0.05) is 11.1 Å². The smallest absolute Gasteiger partial charge is 0.194 e. The predicted molar refractivity (Wildman–Crippen MR) is 80.6 cm³/mol. The van der Waals surface area contributed by atoms with Gasteiger partial charge in [0.2, 0.25) is 0 Å². The van der Waals surface area contributed by atoms with Crippen molar-refractivity contribution in [2.75, 3.05) is 7.11 Å². The van der Waals surface area contributed by atoms with Crippen LogP contribution in [0.25, 0.3) is 0 Å². The number of ketones is 1. The van der Waals surface area contributed by atoms with Gasteiger partial charge in [-0.3, -0.25) is 4.79 Å². The number of hydrogen-bond donors (Lipinski definition) is 0. The molecule has 2 aromatic carbocycles. The summed E-state index contributed by atoms with van der Waals surface area (Å²) >= 11 is 15.3. The highest BCUT2D eigenvalue weighted by molar-refractivity contribution is 9.10. The predicted octanol–water partition coefficient (Wildman–Crippen LogP) is 5.00. The molecule has 0 radical (unpaired) electrons. The lowest BCUT2D eigenvalue weighted by Crippen LogP contribution is -2.02. The Balaban J connectivity index is 2.44. The average Bonchev–Trinajstić information content (AvgIpc) is 2.41. The van der Waals surface area contributed by atoms with Crippen molar-refractivity contribution in [2.45, 2.75) is 0 Å². The molecule has 98 valence electrons. The first-order valence-corrected chi connectivity index (χ1v) is 6.91. The van der Waals surface area contributed by atoms with Crippen LogP contribution in [0.5, 0.6) is 5.75 Å². The summed E-state index contributed by atoms with van der Waals surface area (Å²) in [5.41, 5.74) is 0.892. The molecule has 0 aliphatic rings. The maximum atomic E-state index is 12.4. The van der Waals surface area contributed by atoms with Gasteiger partial charge in [0.05, 0.1) is 21.6 Å². The van der Waals surface area contributed by atoms with E-state index in [4.69, 9.17) is 27.9 Å². The van der Waals surface area contributed by atoms with Crippen LogP contribution in [0.3, 0.4) is 0 Å². The van der Waals surface area contributed by atoms with Crippen molar-refractivity contribution in [1.29, 1.82) is 0 Å². The van der Waals surface area contributed by atoms with Crippen molar-refractivity contribution in [2.24, 2.45) is 0 Å². The Morgan fingerprint density at radius 1 is 1.21 bits per heavy atom. The highest BCUT2D eigenvalue weighted by atomic mass is 79.9. The molecule has 19 heavy (non-hydrogen) atoms. The molecule has 0 unspecified atom stereocenters. The van der Waals surface area contributed by atoms with Crippen LogP contribution in [-0.4, -0.2) is 12.9 Å². The third-order valence-corrected chi connectivity index (χ3v) is 4.05. The van der Waals surface area contributed by atoms with Crippen LogP contribution in [-0.2, 0) is 0 Å². The van der Waals surface area contributed by atoms with E-state index < -0.39 is 0 Å². The summed E-state index contributed by atoms with van der Waals surface area (Å²) in [4.78, 5) is 12.4. The summed E-state index contributed by atoms with van der Waals surface area (Å²) in [5, 5.41) is 0.626. The molecule has 0 fully saturated rings. The van der Waals surface area contributed by atoms with Crippen LogP contribution in [0.1, 0.15) is 15.9 Å². The van der Waals surface area contributed by atoms with E-state index in [1.54, 1.807) is 43.5 Å². The van der Waals surface area contributed by atoms with Crippen molar-refractivity contribution in [1.82, 2.24) is 0 Å². The summed E-state index contributed by atoms with van der Waals surface area (Å²) in [5.74, 6) is 0.476. The van der Waals surface area contributed by atoms with Crippen LogP contribution < -0.4 is 4.74 Å². The Bertz CT molecular complexity index is 641. The Morgan fingerprint density at radius 3 is 2.58 bits per heavy atom. The minimum atomic E-state index is -0.184.